The Morgan fingerprint density at radius 1 is 1.13 bits per heavy atom. The minimum Gasteiger partial charge on any atom is -0.493 e. The summed E-state index contributed by atoms with van der Waals surface area (Å²) in [6.07, 6.45) is 5.12. The molecular formula is C20H33NO2. The van der Waals surface area contributed by atoms with Crippen molar-refractivity contribution in [3.8, 4) is 11.5 Å². The molecule has 1 aromatic rings. The van der Waals surface area contributed by atoms with E-state index in [4.69, 9.17) is 9.47 Å². The second kappa shape index (κ2) is 7.57. The summed E-state index contributed by atoms with van der Waals surface area (Å²) < 4.78 is 11.0. The predicted molar refractivity (Wildman–Crippen MR) is 96.5 cm³/mol. The Kier molecular flexibility index (Phi) is 5.96. The molecule has 23 heavy (non-hydrogen) atoms. The molecule has 1 unspecified atom stereocenters. The molecule has 1 aromatic carbocycles. The van der Waals surface area contributed by atoms with Crippen LogP contribution in [0.15, 0.2) is 12.1 Å². The highest BCUT2D eigenvalue weighted by Crippen LogP contribution is 2.43. The fraction of sp³-hybridized carbons (Fsp3) is 0.700. The summed E-state index contributed by atoms with van der Waals surface area (Å²) in [7, 11) is 3.45. The number of ether oxygens (including phenoxy) is 2. The van der Waals surface area contributed by atoms with Crippen molar-refractivity contribution in [2.24, 2.45) is 11.8 Å². The normalized spacial score (nSPS) is 23.7. The summed E-state index contributed by atoms with van der Waals surface area (Å²) in [6, 6.07) is 4.98. The fourth-order valence-corrected chi connectivity index (χ4v) is 4.31. The summed E-state index contributed by atoms with van der Waals surface area (Å²) in [6.45, 7) is 7.13. The van der Waals surface area contributed by atoms with Gasteiger partial charge in [-0.25, -0.2) is 0 Å². The van der Waals surface area contributed by atoms with Crippen LogP contribution in [0, 0.1) is 11.8 Å². The van der Waals surface area contributed by atoms with E-state index in [2.05, 4.69) is 30.9 Å². The van der Waals surface area contributed by atoms with Crippen LogP contribution in [-0.2, 0) is 6.42 Å². The Balaban J connectivity index is 0.00000192. The number of piperidine rings is 1. The summed E-state index contributed by atoms with van der Waals surface area (Å²) in [5.74, 6) is 3.41. The van der Waals surface area contributed by atoms with Crippen molar-refractivity contribution in [2.75, 3.05) is 27.3 Å². The van der Waals surface area contributed by atoms with Gasteiger partial charge in [-0.2, -0.15) is 0 Å². The van der Waals surface area contributed by atoms with Crippen LogP contribution in [0.4, 0.5) is 0 Å². The van der Waals surface area contributed by atoms with Crippen molar-refractivity contribution >= 4 is 0 Å². The predicted octanol–water partition coefficient (Wildman–Crippen LogP) is 4.70. The van der Waals surface area contributed by atoms with Crippen molar-refractivity contribution in [2.45, 2.75) is 53.0 Å². The van der Waals surface area contributed by atoms with E-state index in [1.165, 1.54) is 43.5 Å². The quantitative estimate of drug-likeness (QED) is 0.803. The van der Waals surface area contributed by atoms with E-state index in [1.54, 1.807) is 14.2 Å². The number of hydrogen-bond donors (Lipinski definition) is 0. The molecule has 1 fully saturated rings. The Bertz CT molecular complexity index is 527. The van der Waals surface area contributed by atoms with Gasteiger partial charge in [0.15, 0.2) is 11.5 Å². The number of benzene rings is 1. The first-order valence-electron chi connectivity index (χ1n) is 8.61. The lowest BCUT2D eigenvalue weighted by Gasteiger charge is -2.44. The molecule has 0 spiro atoms. The number of hydrogen-bond acceptors (Lipinski definition) is 3. The van der Waals surface area contributed by atoms with E-state index < -0.39 is 0 Å². The minimum absolute atomic E-state index is 0. The molecule has 0 radical (unpaired) electrons. The van der Waals surface area contributed by atoms with Crippen molar-refractivity contribution in [1.82, 2.24) is 4.90 Å². The van der Waals surface area contributed by atoms with E-state index >= 15 is 0 Å². The molecule has 0 bridgehead atoms. The number of nitrogens with zero attached hydrogens (tertiary/aromatic N) is 1. The lowest BCUT2D eigenvalue weighted by Crippen LogP contribution is -2.42. The molecule has 0 N–H and O–H groups in total. The molecule has 2 heterocycles. The zero-order valence-electron chi connectivity index (χ0n) is 14.4. The smallest absolute Gasteiger partial charge is 0.161 e. The van der Waals surface area contributed by atoms with Gasteiger partial charge >= 0.3 is 0 Å². The molecular weight excluding hydrogens is 286 g/mol. The Labute approximate surface area is 142 Å². The molecule has 2 atom stereocenters. The fourth-order valence-electron chi connectivity index (χ4n) is 4.31. The lowest BCUT2D eigenvalue weighted by atomic mass is 9.81. The highest BCUT2D eigenvalue weighted by molar-refractivity contribution is 5.49. The van der Waals surface area contributed by atoms with Crippen molar-refractivity contribution in [3.63, 3.8) is 0 Å². The van der Waals surface area contributed by atoms with E-state index in [-0.39, 0.29) is 7.43 Å². The minimum atomic E-state index is 0. The van der Waals surface area contributed by atoms with Crippen LogP contribution in [-0.4, -0.2) is 32.2 Å². The molecule has 0 amide bonds. The molecule has 3 nitrogen and oxygen atoms in total. The topological polar surface area (TPSA) is 21.7 Å². The molecule has 0 saturated carbocycles. The second-order valence-electron chi connectivity index (χ2n) is 7.24. The zero-order chi connectivity index (χ0) is 15.7. The maximum absolute atomic E-state index is 5.51. The van der Waals surface area contributed by atoms with Gasteiger partial charge in [0.1, 0.15) is 0 Å². The Morgan fingerprint density at radius 3 is 2.48 bits per heavy atom. The van der Waals surface area contributed by atoms with Crippen LogP contribution in [0.25, 0.3) is 0 Å². The van der Waals surface area contributed by atoms with Crippen LogP contribution >= 0.6 is 0 Å². The first kappa shape index (κ1) is 18.1. The third-order valence-corrected chi connectivity index (χ3v) is 5.26. The third kappa shape index (κ3) is 3.65. The summed E-state index contributed by atoms with van der Waals surface area (Å²) in [4.78, 5) is 2.70. The van der Waals surface area contributed by atoms with E-state index in [9.17, 15) is 0 Å². The third-order valence-electron chi connectivity index (χ3n) is 5.26. The largest absolute Gasteiger partial charge is 0.493 e. The molecule has 0 aromatic heterocycles. The monoisotopic (exact) mass is 319 g/mol. The van der Waals surface area contributed by atoms with Crippen molar-refractivity contribution in [1.29, 1.82) is 0 Å². The van der Waals surface area contributed by atoms with Crippen LogP contribution in [0.1, 0.15) is 57.7 Å². The van der Waals surface area contributed by atoms with Crippen LogP contribution < -0.4 is 9.47 Å². The molecule has 3 heteroatoms. The number of fused-ring (bicyclic) bond motifs is 3. The maximum Gasteiger partial charge on any atom is 0.161 e. The van der Waals surface area contributed by atoms with E-state index in [0.717, 1.165) is 29.8 Å². The summed E-state index contributed by atoms with van der Waals surface area (Å²) in [5.41, 5.74) is 2.91. The van der Waals surface area contributed by atoms with Gasteiger partial charge in [-0.3, -0.25) is 4.90 Å². The van der Waals surface area contributed by atoms with Crippen LogP contribution in [0.5, 0.6) is 11.5 Å². The van der Waals surface area contributed by atoms with Gasteiger partial charge < -0.3 is 9.47 Å². The van der Waals surface area contributed by atoms with Gasteiger partial charge in [-0.15, -0.1) is 0 Å². The standard InChI is InChI=1S/C19H29NO2.CH4/c1-13(2)9-14-5-6-17-16-11-19(22-4)18(21-3)10-15(16)7-8-20(17)12-14;/h10-11,13-14,17H,5-9,12H2,1-4H3;1H4/t14-,17?;/m0./s1. The first-order chi connectivity index (χ1) is 10.6. The lowest BCUT2D eigenvalue weighted by molar-refractivity contribution is 0.0894. The Morgan fingerprint density at radius 2 is 1.83 bits per heavy atom. The number of rotatable bonds is 4. The molecule has 130 valence electrons. The molecule has 2 aliphatic rings. The van der Waals surface area contributed by atoms with Crippen LogP contribution in [0.2, 0.25) is 0 Å². The first-order valence-corrected chi connectivity index (χ1v) is 8.61. The van der Waals surface area contributed by atoms with Gasteiger partial charge in [-0.1, -0.05) is 21.3 Å². The van der Waals surface area contributed by atoms with Crippen molar-refractivity contribution in [3.05, 3.63) is 23.3 Å². The maximum atomic E-state index is 5.51. The molecule has 1 saturated heterocycles. The average Bonchev–Trinajstić information content (AvgIpc) is 2.52. The Hall–Kier alpha value is -1.22. The van der Waals surface area contributed by atoms with Gasteiger partial charge in [0.2, 0.25) is 0 Å². The van der Waals surface area contributed by atoms with Gasteiger partial charge in [0.25, 0.3) is 0 Å². The zero-order valence-corrected chi connectivity index (χ0v) is 14.4. The van der Waals surface area contributed by atoms with E-state index in [1.807, 2.05) is 0 Å². The highest BCUT2D eigenvalue weighted by Gasteiger charge is 2.34. The highest BCUT2D eigenvalue weighted by atomic mass is 16.5. The van der Waals surface area contributed by atoms with Gasteiger partial charge in [0.05, 0.1) is 14.2 Å². The molecule has 3 rings (SSSR count). The van der Waals surface area contributed by atoms with Gasteiger partial charge in [0, 0.05) is 19.1 Å². The van der Waals surface area contributed by atoms with Crippen molar-refractivity contribution < 1.29 is 9.47 Å². The molecule has 0 aliphatic carbocycles. The second-order valence-corrected chi connectivity index (χ2v) is 7.24. The SMILES string of the molecule is C.COc1cc2c(cc1OC)C1CC[C@@H](CC(C)C)CN1CC2. The van der Waals surface area contributed by atoms with E-state index in [0.29, 0.717) is 6.04 Å². The summed E-state index contributed by atoms with van der Waals surface area (Å²) >= 11 is 0. The van der Waals surface area contributed by atoms with Gasteiger partial charge in [-0.05, 0) is 60.8 Å². The summed E-state index contributed by atoms with van der Waals surface area (Å²) in [5, 5.41) is 0. The number of methoxy groups -OCH3 is 2. The van der Waals surface area contributed by atoms with Crippen LogP contribution in [0.3, 0.4) is 0 Å². The molecule has 2 aliphatic heterocycles. The average molecular weight is 319 g/mol.